The summed E-state index contributed by atoms with van der Waals surface area (Å²) >= 11 is 1.79. The van der Waals surface area contributed by atoms with Crippen molar-refractivity contribution in [2.24, 2.45) is 0 Å². The van der Waals surface area contributed by atoms with E-state index in [9.17, 15) is 9.18 Å². The number of nitrogens with one attached hydrogen (secondary N) is 1. The molecule has 39 heavy (non-hydrogen) atoms. The van der Waals surface area contributed by atoms with Gasteiger partial charge in [0.15, 0.2) is 11.6 Å². The Morgan fingerprint density at radius 3 is 2.28 bits per heavy atom. The van der Waals surface area contributed by atoms with Gasteiger partial charge in [-0.05, 0) is 42.5 Å². The van der Waals surface area contributed by atoms with E-state index in [1.54, 1.807) is 23.9 Å². The number of ether oxygens (including phenoxy) is 1. The molecular weight excluding hydrogens is 507 g/mol. The molecule has 2 aromatic rings. The number of hydrogen-bond donors (Lipinski definition) is 1. The lowest BCUT2D eigenvalue weighted by Crippen LogP contribution is -2.18. The zero-order valence-corrected chi connectivity index (χ0v) is 24.8. The summed E-state index contributed by atoms with van der Waals surface area (Å²) in [7, 11) is 0. The van der Waals surface area contributed by atoms with E-state index < -0.39 is 5.82 Å². The van der Waals surface area contributed by atoms with Gasteiger partial charge in [0, 0.05) is 23.5 Å². The highest BCUT2D eigenvalue weighted by Gasteiger charge is 2.15. The summed E-state index contributed by atoms with van der Waals surface area (Å²) in [5, 5.41) is 5.14. The standard InChI is InChI=1S/C33H47FN2O2S/c1-3-4-5-6-7-8-9-10-11-12-13-14-21-38-33-29(18-16-20-31(33)34)23-32(37)35-30-19-15-17-28(22-30)24-36-26-39-25-27(36)2/h15-20,22,25H,3-14,21,23-24,26H2,1-2H3,(H,35,37). The van der Waals surface area contributed by atoms with Crippen molar-refractivity contribution in [3.63, 3.8) is 0 Å². The molecule has 0 spiro atoms. The molecular formula is C33H47FN2O2S. The SMILES string of the molecule is CCCCCCCCCCCCCCOc1c(F)cccc1CC(=O)Nc1cccc(CN2CSC=C2C)c1. The van der Waals surface area contributed by atoms with Crippen LogP contribution in [0.4, 0.5) is 10.1 Å². The van der Waals surface area contributed by atoms with Gasteiger partial charge in [0.2, 0.25) is 5.91 Å². The molecule has 1 amide bonds. The molecule has 0 saturated carbocycles. The number of para-hydroxylation sites is 1. The molecule has 2 aromatic carbocycles. The fourth-order valence-corrected chi connectivity index (χ4v) is 5.85. The first kappa shape index (κ1) is 31.1. The average Bonchev–Trinajstić information content (AvgIpc) is 3.32. The van der Waals surface area contributed by atoms with E-state index in [0.717, 1.165) is 36.5 Å². The number of halogens is 1. The summed E-state index contributed by atoms with van der Waals surface area (Å²) in [5.74, 6) is 0.566. The minimum absolute atomic E-state index is 0.0698. The summed E-state index contributed by atoms with van der Waals surface area (Å²) in [6.07, 6.45) is 15.3. The van der Waals surface area contributed by atoms with Crippen LogP contribution in [-0.2, 0) is 17.8 Å². The molecule has 214 valence electrons. The molecule has 0 saturated heterocycles. The van der Waals surface area contributed by atoms with E-state index in [1.807, 2.05) is 18.2 Å². The molecule has 0 fully saturated rings. The Morgan fingerprint density at radius 2 is 1.62 bits per heavy atom. The van der Waals surface area contributed by atoms with Crippen molar-refractivity contribution in [2.45, 2.75) is 104 Å². The maximum Gasteiger partial charge on any atom is 0.228 e. The Labute approximate surface area is 239 Å². The lowest BCUT2D eigenvalue weighted by molar-refractivity contribution is -0.115. The zero-order valence-electron chi connectivity index (χ0n) is 24.0. The van der Waals surface area contributed by atoms with Crippen LogP contribution in [0.25, 0.3) is 0 Å². The van der Waals surface area contributed by atoms with E-state index in [1.165, 1.54) is 76.0 Å². The number of thioether (sulfide) groups is 1. The van der Waals surface area contributed by atoms with Gasteiger partial charge in [-0.2, -0.15) is 0 Å². The van der Waals surface area contributed by atoms with Crippen LogP contribution >= 0.6 is 11.8 Å². The number of carbonyl (C=O) groups excluding carboxylic acids is 1. The van der Waals surface area contributed by atoms with E-state index in [0.29, 0.717) is 12.2 Å². The van der Waals surface area contributed by atoms with Crippen LogP contribution in [0.5, 0.6) is 5.75 Å². The fourth-order valence-electron chi connectivity index (χ4n) is 4.91. The smallest absolute Gasteiger partial charge is 0.228 e. The number of allylic oxidation sites excluding steroid dienone is 1. The van der Waals surface area contributed by atoms with Gasteiger partial charge in [-0.15, -0.1) is 11.8 Å². The van der Waals surface area contributed by atoms with Crippen LogP contribution in [-0.4, -0.2) is 23.3 Å². The third kappa shape index (κ3) is 11.7. The predicted molar refractivity (Wildman–Crippen MR) is 164 cm³/mol. The number of unbranched alkanes of at least 4 members (excludes halogenated alkanes) is 11. The molecule has 0 unspecified atom stereocenters. The molecule has 1 N–H and O–H groups in total. The van der Waals surface area contributed by atoms with Crippen molar-refractivity contribution in [3.8, 4) is 5.75 Å². The summed E-state index contributed by atoms with van der Waals surface area (Å²) in [6.45, 7) is 5.65. The van der Waals surface area contributed by atoms with Gasteiger partial charge in [0.05, 0.1) is 18.9 Å². The largest absolute Gasteiger partial charge is 0.490 e. The van der Waals surface area contributed by atoms with Gasteiger partial charge >= 0.3 is 0 Å². The number of amides is 1. The summed E-state index contributed by atoms with van der Waals surface area (Å²) in [4.78, 5) is 15.1. The predicted octanol–water partition coefficient (Wildman–Crippen LogP) is 9.45. The molecule has 3 rings (SSSR count). The molecule has 6 heteroatoms. The number of hydrogen-bond acceptors (Lipinski definition) is 4. The second kappa shape index (κ2) is 18.0. The van der Waals surface area contributed by atoms with E-state index in [4.69, 9.17) is 4.74 Å². The molecule has 0 aromatic heterocycles. The first-order valence-electron chi connectivity index (χ1n) is 14.9. The van der Waals surface area contributed by atoms with Gasteiger partial charge in [-0.3, -0.25) is 4.79 Å². The quantitative estimate of drug-likeness (QED) is 0.176. The van der Waals surface area contributed by atoms with Crippen molar-refractivity contribution in [1.29, 1.82) is 0 Å². The average molecular weight is 555 g/mol. The summed E-state index contributed by atoms with van der Waals surface area (Å²) in [5.41, 5.74) is 3.73. The van der Waals surface area contributed by atoms with Gasteiger partial charge in [0.25, 0.3) is 0 Å². The van der Waals surface area contributed by atoms with Crippen LogP contribution in [0.15, 0.2) is 53.6 Å². The normalized spacial score (nSPS) is 13.0. The highest BCUT2D eigenvalue weighted by atomic mass is 32.2. The maximum atomic E-state index is 14.6. The summed E-state index contributed by atoms with van der Waals surface area (Å²) in [6, 6.07) is 12.7. The highest BCUT2D eigenvalue weighted by molar-refractivity contribution is 8.02. The summed E-state index contributed by atoms with van der Waals surface area (Å²) < 4.78 is 20.4. The topological polar surface area (TPSA) is 41.6 Å². The Kier molecular flexibility index (Phi) is 14.3. The van der Waals surface area contributed by atoms with E-state index in [-0.39, 0.29) is 18.1 Å². The number of benzene rings is 2. The van der Waals surface area contributed by atoms with Crippen molar-refractivity contribution in [3.05, 3.63) is 70.5 Å². The molecule has 0 atom stereocenters. The van der Waals surface area contributed by atoms with E-state index >= 15 is 0 Å². The van der Waals surface area contributed by atoms with Crippen LogP contribution in [0.1, 0.15) is 102 Å². The Balaban J connectivity index is 1.36. The second-order valence-corrected chi connectivity index (χ2v) is 11.5. The lowest BCUT2D eigenvalue weighted by Gasteiger charge is -2.19. The minimum Gasteiger partial charge on any atom is -0.490 e. The van der Waals surface area contributed by atoms with Gasteiger partial charge in [0.1, 0.15) is 0 Å². The van der Waals surface area contributed by atoms with Gasteiger partial charge in [-0.1, -0.05) is 102 Å². The van der Waals surface area contributed by atoms with Crippen LogP contribution < -0.4 is 10.1 Å². The van der Waals surface area contributed by atoms with E-state index in [2.05, 4.69) is 35.5 Å². The number of anilines is 1. The van der Waals surface area contributed by atoms with Crippen molar-refractivity contribution in [2.75, 3.05) is 17.8 Å². The third-order valence-corrected chi connectivity index (χ3v) is 8.18. The van der Waals surface area contributed by atoms with Crippen molar-refractivity contribution in [1.82, 2.24) is 4.90 Å². The Hall–Kier alpha value is -2.47. The molecule has 1 aliphatic heterocycles. The molecule has 1 aliphatic rings. The Bertz CT molecular complexity index is 1040. The molecule has 1 heterocycles. The third-order valence-electron chi connectivity index (χ3n) is 7.21. The lowest BCUT2D eigenvalue weighted by atomic mass is 10.1. The molecule has 0 bridgehead atoms. The van der Waals surface area contributed by atoms with Crippen molar-refractivity contribution < 1.29 is 13.9 Å². The Morgan fingerprint density at radius 1 is 0.949 bits per heavy atom. The van der Waals surface area contributed by atoms with Gasteiger partial charge in [-0.25, -0.2) is 4.39 Å². The first-order valence-corrected chi connectivity index (χ1v) is 15.9. The van der Waals surface area contributed by atoms with Crippen LogP contribution in [0.3, 0.4) is 0 Å². The highest BCUT2D eigenvalue weighted by Crippen LogP contribution is 2.26. The van der Waals surface area contributed by atoms with Gasteiger partial charge < -0.3 is 15.0 Å². The molecule has 0 radical (unpaired) electrons. The number of rotatable bonds is 19. The van der Waals surface area contributed by atoms with Crippen LogP contribution in [0.2, 0.25) is 0 Å². The zero-order chi connectivity index (χ0) is 27.7. The monoisotopic (exact) mass is 554 g/mol. The number of carbonyl (C=O) groups is 1. The molecule has 0 aliphatic carbocycles. The first-order chi connectivity index (χ1) is 19.1. The fraction of sp³-hybridized carbons (Fsp3) is 0.545. The van der Waals surface area contributed by atoms with Crippen LogP contribution in [0, 0.1) is 5.82 Å². The second-order valence-electron chi connectivity index (χ2n) is 10.6. The number of nitrogens with zero attached hydrogens (tertiary/aromatic N) is 1. The minimum atomic E-state index is -0.409. The van der Waals surface area contributed by atoms with Crippen molar-refractivity contribution >= 4 is 23.4 Å². The maximum absolute atomic E-state index is 14.6. The molecule has 4 nitrogen and oxygen atoms in total.